The van der Waals surface area contributed by atoms with Crippen LogP contribution in [0.25, 0.3) is 0 Å². The molecule has 0 saturated carbocycles. The first kappa shape index (κ1) is 21.7. The van der Waals surface area contributed by atoms with E-state index in [-0.39, 0.29) is 29.8 Å². The second kappa shape index (κ2) is 9.38. The second-order valence-electron chi connectivity index (χ2n) is 5.71. The van der Waals surface area contributed by atoms with Gasteiger partial charge in [-0.2, -0.15) is 4.31 Å². The first-order chi connectivity index (χ1) is 11.4. The molecule has 1 aliphatic rings. The van der Waals surface area contributed by atoms with Crippen molar-refractivity contribution in [1.29, 1.82) is 0 Å². The maximum Gasteiger partial charge on any atom is 0.243 e. The number of nitrogens with two attached hydrogens (primary N) is 1. The summed E-state index contributed by atoms with van der Waals surface area (Å²) in [6, 6.07) is 4.92. The molecule has 1 fully saturated rings. The largest absolute Gasteiger partial charge is 0.370 e. The molecule has 0 spiro atoms. The summed E-state index contributed by atoms with van der Waals surface area (Å²) in [6.45, 7) is 6.05. The van der Waals surface area contributed by atoms with Crippen LogP contribution in [-0.4, -0.2) is 51.4 Å². The fourth-order valence-corrected chi connectivity index (χ4v) is 4.41. The van der Waals surface area contributed by atoms with Crippen LogP contribution < -0.4 is 16.0 Å². The van der Waals surface area contributed by atoms with Gasteiger partial charge in [0.15, 0.2) is 0 Å². The normalized spacial score (nSPS) is 14.5. The number of hydrogen-bond acceptors (Lipinski definition) is 5. The van der Waals surface area contributed by atoms with Crippen LogP contribution >= 0.6 is 12.4 Å². The van der Waals surface area contributed by atoms with Gasteiger partial charge in [-0.3, -0.25) is 4.79 Å². The lowest BCUT2D eigenvalue weighted by molar-refractivity contribution is -0.114. The second-order valence-corrected chi connectivity index (χ2v) is 7.65. The van der Waals surface area contributed by atoms with Gasteiger partial charge in [0.05, 0.1) is 22.8 Å². The van der Waals surface area contributed by atoms with Crippen LogP contribution in [0.1, 0.15) is 26.7 Å². The average molecular weight is 391 g/mol. The predicted octanol–water partition coefficient (Wildman–Crippen LogP) is 1.64. The molecule has 142 valence electrons. The van der Waals surface area contributed by atoms with Crippen molar-refractivity contribution in [1.82, 2.24) is 4.31 Å². The Morgan fingerprint density at radius 1 is 1.24 bits per heavy atom. The molecule has 1 heterocycles. The van der Waals surface area contributed by atoms with Gasteiger partial charge in [0.2, 0.25) is 15.9 Å². The molecular weight excluding hydrogens is 364 g/mol. The molecule has 0 aromatic heterocycles. The summed E-state index contributed by atoms with van der Waals surface area (Å²) >= 11 is 0. The first-order valence-corrected chi connectivity index (χ1v) is 9.77. The van der Waals surface area contributed by atoms with Gasteiger partial charge in [0, 0.05) is 26.2 Å². The summed E-state index contributed by atoms with van der Waals surface area (Å²) in [4.78, 5) is 14.1. The number of hydrogen-bond donors (Lipinski definition) is 2. The van der Waals surface area contributed by atoms with E-state index in [1.165, 1.54) is 10.4 Å². The van der Waals surface area contributed by atoms with Crippen LogP contribution in [0.3, 0.4) is 0 Å². The van der Waals surface area contributed by atoms with Crippen LogP contribution in [0, 0.1) is 0 Å². The van der Waals surface area contributed by atoms with Crippen molar-refractivity contribution >= 4 is 39.7 Å². The fourth-order valence-electron chi connectivity index (χ4n) is 2.92. The maximum absolute atomic E-state index is 12.7. The lowest BCUT2D eigenvalue weighted by atomic mass is 10.2. The topological polar surface area (TPSA) is 95.7 Å². The van der Waals surface area contributed by atoms with Gasteiger partial charge in [-0.15, -0.1) is 12.4 Å². The molecule has 1 aromatic rings. The highest BCUT2D eigenvalue weighted by Gasteiger charge is 2.24. The molecule has 0 bridgehead atoms. The van der Waals surface area contributed by atoms with E-state index in [1.807, 2.05) is 0 Å². The molecule has 0 radical (unpaired) electrons. The number of halogens is 1. The number of nitrogens with zero attached hydrogens (tertiary/aromatic N) is 2. The molecule has 0 aliphatic carbocycles. The summed E-state index contributed by atoms with van der Waals surface area (Å²) in [6.07, 6.45) is 2.17. The van der Waals surface area contributed by atoms with Gasteiger partial charge >= 0.3 is 0 Å². The molecule has 7 nitrogen and oxygen atoms in total. The summed E-state index contributed by atoms with van der Waals surface area (Å²) in [5.41, 5.74) is 6.73. The zero-order valence-electron chi connectivity index (χ0n) is 14.7. The van der Waals surface area contributed by atoms with Crippen molar-refractivity contribution < 1.29 is 13.2 Å². The SMILES string of the molecule is CCN(CC)S(=O)(=O)c1ccc(N2CCCC2)c(NC(=O)CN)c1.Cl. The van der Waals surface area contributed by atoms with E-state index in [4.69, 9.17) is 5.73 Å². The molecule has 3 N–H and O–H groups in total. The van der Waals surface area contributed by atoms with Crippen molar-refractivity contribution in [3.63, 3.8) is 0 Å². The molecule has 1 aromatic carbocycles. The Labute approximate surface area is 156 Å². The number of carbonyl (C=O) groups excluding carboxylic acids is 1. The number of carbonyl (C=O) groups is 1. The van der Waals surface area contributed by atoms with Crippen molar-refractivity contribution in [2.75, 3.05) is 42.9 Å². The Balaban J connectivity index is 0.00000312. The van der Waals surface area contributed by atoms with Crippen LogP contribution in [0.4, 0.5) is 11.4 Å². The zero-order valence-corrected chi connectivity index (χ0v) is 16.3. The average Bonchev–Trinajstić information content (AvgIpc) is 3.09. The molecule has 1 saturated heterocycles. The highest BCUT2D eigenvalue weighted by Crippen LogP contribution is 2.32. The number of rotatable bonds is 7. The third kappa shape index (κ3) is 4.84. The number of amides is 1. The van der Waals surface area contributed by atoms with E-state index in [0.29, 0.717) is 18.8 Å². The zero-order chi connectivity index (χ0) is 17.7. The van der Waals surface area contributed by atoms with E-state index < -0.39 is 10.0 Å². The number of benzene rings is 1. The van der Waals surface area contributed by atoms with Crippen molar-refractivity contribution in [2.24, 2.45) is 5.73 Å². The lowest BCUT2D eigenvalue weighted by Crippen LogP contribution is -2.31. The number of anilines is 2. The monoisotopic (exact) mass is 390 g/mol. The lowest BCUT2D eigenvalue weighted by Gasteiger charge is -2.24. The standard InChI is InChI=1S/C16H26N4O3S.ClH/c1-3-20(4-2)24(22,23)13-7-8-15(19-9-5-6-10-19)14(11-13)18-16(21)12-17;/h7-8,11H,3-6,9-10,12,17H2,1-2H3,(H,18,21);1H. The fraction of sp³-hybridized carbons (Fsp3) is 0.562. The van der Waals surface area contributed by atoms with Crippen molar-refractivity contribution in [3.05, 3.63) is 18.2 Å². The highest BCUT2D eigenvalue weighted by molar-refractivity contribution is 7.89. The predicted molar refractivity (Wildman–Crippen MR) is 103 cm³/mol. The van der Waals surface area contributed by atoms with Crippen LogP contribution in [-0.2, 0) is 14.8 Å². The minimum absolute atomic E-state index is 0. The highest BCUT2D eigenvalue weighted by atomic mass is 35.5. The molecule has 1 amide bonds. The van der Waals surface area contributed by atoms with Crippen LogP contribution in [0.15, 0.2) is 23.1 Å². The molecule has 0 unspecified atom stereocenters. The van der Waals surface area contributed by atoms with E-state index >= 15 is 0 Å². The van der Waals surface area contributed by atoms with E-state index in [0.717, 1.165) is 31.6 Å². The van der Waals surface area contributed by atoms with Gasteiger partial charge in [0.1, 0.15) is 0 Å². The van der Waals surface area contributed by atoms with E-state index in [9.17, 15) is 13.2 Å². The van der Waals surface area contributed by atoms with Crippen LogP contribution in [0.5, 0.6) is 0 Å². The molecule has 9 heteroatoms. The molecule has 2 rings (SSSR count). The third-order valence-electron chi connectivity index (χ3n) is 4.22. The molecule has 1 aliphatic heterocycles. The Kier molecular flexibility index (Phi) is 8.14. The smallest absolute Gasteiger partial charge is 0.243 e. The Hall–Kier alpha value is -1.35. The van der Waals surface area contributed by atoms with Gasteiger partial charge < -0.3 is 16.0 Å². The number of nitrogens with one attached hydrogen (secondary N) is 1. The van der Waals surface area contributed by atoms with Gasteiger partial charge in [-0.1, -0.05) is 13.8 Å². The van der Waals surface area contributed by atoms with Gasteiger partial charge in [0.25, 0.3) is 0 Å². The molecular formula is C16H27ClN4O3S. The molecule has 0 atom stereocenters. The van der Waals surface area contributed by atoms with Crippen molar-refractivity contribution in [3.8, 4) is 0 Å². The Bertz CT molecular complexity index is 687. The first-order valence-electron chi connectivity index (χ1n) is 8.33. The summed E-state index contributed by atoms with van der Waals surface area (Å²) in [7, 11) is -3.57. The molecule has 25 heavy (non-hydrogen) atoms. The summed E-state index contributed by atoms with van der Waals surface area (Å²) in [5.74, 6) is -0.340. The summed E-state index contributed by atoms with van der Waals surface area (Å²) in [5, 5.41) is 2.74. The third-order valence-corrected chi connectivity index (χ3v) is 6.26. The number of sulfonamides is 1. The Morgan fingerprint density at radius 3 is 2.36 bits per heavy atom. The van der Waals surface area contributed by atoms with Gasteiger partial charge in [-0.05, 0) is 31.0 Å². The summed E-state index contributed by atoms with van der Waals surface area (Å²) < 4.78 is 26.8. The van der Waals surface area contributed by atoms with Crippen molar-refractivity contribution in [2.45, 2.75) is 31.6 Å². The minimum atomic E-state index is -3.57. The maximum atomic E-state index is 12.7. The van der Waals surface area contributed by atoms with Gasteiger partial charge in [-0.25, -0.2) is 8.42 Å². The Morgan fingerprint density at radius 2 is 1.84 bits per heavy atom. The van der Waals surface area contributed by atoms with E-state index in [2.05, 4.69) is 10.2 Å². The van der Waals surface area contributed by atoms with Crippen LogP contribution in [0.2, 0.25) is 0 Å². The van der Waals surface area contributed by atoms with E-state index in [1.54, 1.807) is 26.0 Å². The quantitative estimate of drug-likeness (QED) is 0.737. The minimum Gasteiger partial charge on any atom is -0.370 e.